The maximum absolute atomic E-state index is 12.8. The summed E-state index contributed by atoms with van der Waals surface area (Å²) in [6.45, 7) is 3.25. The third-order valence-electron chi connectivity index (χ3n) is 4.19. The largest absolute Gasteiger partial charge is 0.377 e. The van der Waals surface area contributed by atoms with Gasteiger partial charge < -0.3 is 15.0 Å². The average molecular weight is 309 g/mol. The lowest BCUT2D eigenvalue weighted by Gasteiger charge is -2.44. The number of aromatic nitrogens is 1. The smallest absolute Gasteiger partial charge is 0.274 e. The van der Waals surface area contributed by atoms with Crippen LogP contribution in [0.2, 0.25) is 0 Å². The molecule has 21 heavy (non-hydrogen) atoms. The van der Waals surface area contributed by atoms with Crippen molar-refractivity contribution in [3.05, 3.63) is 11.1 Å². The molecule has 2 fully saturated rings. The van der Waals surface area contributed by atoms with E-state index in [1.165, 1.54) is 18.3 Å². The second-order valence-corrected chi connectivity index (χ2v) is 6.52. The lowest BCUT2D eigenvalue weighted by Crippen LogP contribution is -2.57. The predicted octanol–water partition coefficient (Wildman–Crippen LogP) is 1.89. The van der Waals surface area contributed by atoms with Gasteiger partial charge in [0.05, 0.1) is 18.8 Å². The van der Waals surface area contributed by atoms with E-state index >= 15 is 0 Å². The van der Waals surface area contributed by atoms with Gasteiger partial charge in [-0.05, 0) is 12.8 Å². The highest BCUT2D eigenvalue weighted by atomic mass is 32.1. The molecule has 1 aromatic heterocycles. The molecule has 1 spiro atoms. The molecule has 0 unspecified atom stereocenters. The van der Waals surface area contributed by atoms with Crippen molar-refractivity contribution < 1.29 is 14.3 Å². The zero-order valence-electron chi connectivity index (χ0n) is 12.1. The Kier molecular flexibility index (Phi) is 3.95. The highest BCUT2D eigenvalue weighted by molar-refractivity contribution is 7.14. The third-order valence-corrected chi connectivity index (χ3v) is 4.95. The van der Waals surface area contributed by atoms with E-state index in [0.29, 0.717) is 30.6 Å². The Morgan fingerprint density at radius 1 is 1.43 bits per heavy atom. The number of morpholine rings is 1. The van der Waals surface area contributed by atoms with Gasteiger partial charge in [0.2, 0.25) is 5.91 Å². The fraction of sp³-hybridized carbons (Fsp3) is 0.643. The van der Waals surface area contributed by atoms with Crippen LogP contribution in [0.15, 0.2) is 5.38 Å². The number of amides is 2. The lowest BCUT2D eigenvalue weighted by atomic mass is 9.94. The molecule has 0 bridgehead atoms. The number of hydrogen-bond acceptors (Lipinski definition) is 5. The van der Waals surface area contributed by atoms with E-state index in [2.05, 4.69) is 10.3 Å². The Balaban J connectivity index is 1.79. The molecule has 6 nitrogen and oxygen atoms in total. The number of nitrogens with zero attached hydrogens (tertiary/aromatic N) is 2. The van der Waals surface area contributed by atoms with Crippen LogP contribution in [-0.4, -0.2) is 47.0 Å². The molecule has 1 aliphatic carbocycles. The number of rotatable bonds is 2. The zero-order chi connectivity index (χ0) is 14.9. The molecule has 2 aliphatic rings. The van der Waals surface area contributed by atoms with Crippen LogP contribution in [-0.2, 0) is 9.53 Å². The lowest BCUT2D eigenvalue weighted by molar-refractivity contribution is -0.114. The number of carbonyl (C=O) groups excluding carboxylic acids is 2. The van der Waals surface area contributed by atoms with Crippen molar-refractivity contribution in [2.75, 3.05) is 25.1 Å². The van der Waals surface area contributed by atoms with Crippen molar-refractivity contribution in [1.29, 1.82) is 0 Å². The van der Waals surface area contributed by atoms with E-state index in [1.54, 1.807) is 5.38 Å². The van der Waals surface area contributed by atoms with Crippen LogP contribution in [0.4, 0.5) is 5.13 Å². The van der Waals surface area contributed by atoms with Gasteiger partial charge in [0.25, 0.3) is 5.91 Å². The second kappa shape index (κ2) is 5.73. The van der Waals surface area contributed by atoms with Crippen molar-refractivity contribution in [2.24, 2.45) is 0 Å². The van der Waals surface area contributed by atoms with Crippen LogP contribution in [0.5, 0.6) is 0 Å². The van der Waals surface area contributed by atoms with E-state index in [-0.39, 0.29) is 17.4 Å². The quantitative estimate of drug-likeness (QED) is 0.905. The van der Waals surface area contributed by atoms with Crippen molar-refractivity contribution in [2.45, 2.75) is 38.1 Å². The van der Waals surface area contributed by atoms with E-state index in [9.17, 15) is 9.59 Å². The summed E-state index contributed by atoms with van der Waals surface area (Å²) in [5, 5.41) is 4.80. The normalized spacial score (nSPS) is 20.7. The standard InChI is InChI=1S/C14H19N3O3S/c1-10(18)15-13-16-11(8-21-13)12(19)17-6-7-20-9-14(17)4-2-3-5-14/h8H,2-7,9H2,1H3,(H,15,16,18). The Bertz CT molecular complexity index is 551. The first-order valence-electron chi connectivity index (χ1n) is 7.24. The summed E-state index contributed by atoms with van der Waals surface area (Å²) in [6, 6.07) is 0. The zero-order valence-corrected chi connectivity index (χ0v) is 12.9. The number of nitrogens with one attached hydrogen (secondary N) is 1. The van der Waals surface area contributed by atoms with Gasteiger partial charge in [0.1, 0.15) is 5.69 Å². The van der Waals surface area contributed by atoms with Crippen LogP contribution >= 0.6 is 11.3 Å². The van der Waals surface area contributed by atoms with Crippen molar-refractivity contribution >= 4 is 28.3 Å². The number of carbonyl (C=O) groups is 2. The van der Waals surface area contributed by atoms with Gasteiger partial charge in [0.15, 0.2) is 5.13 Å². The fourth-order valence-corrected chi connectivity index (χ4v) is 3.95. The van der Waals surface area contributed by atoms with Crippen molar-refractivity contribution in [3.63, 3.8) is 0 Å². The van der Waals surface area contributed by atoms with Gasteiger partial charge in [-0.1, -0.05) is 12.8 Å². The van der Waals surface area contributed by atoms with Crippen LogP contribution in [0.3, 0.4) is 0 Å². The molecular weight excluding hydrogens is 290 g/mol. The average Bonchev–Trinajstić information content (AvgIpc) is 3.08. The molecule has 7 heteroatoms. The van der Waals surface area contributed by atoms with Crippen molar-refractivity contribution in [1.82, 2.24) is 9.88 Å². The molecule has 1 saturated heterocycles. The molecule has 2 amide bonds. The minimum atomic E-state index is -0.179. The first kappa shape index (κ1) is 14.5. The molecule has 0 radical (unpaired) electrons. The number of anilines is 1. The van der Waals surface area contributed by atoms with Gasteiger partial charge in [-0.25, -0.2) is 4.98 Å². The highest BCUT2D eigenvalue weighted by Gasteiger charge is 2.44. The van der Waals surface area contributed by atoms with E-state index in [1.807, 2.05) is 4.90 Å². The maximum atomic E-state index is 12.8. The summed E-state index contributed by atoms with van der Waals surface area (Å²) in [4.78, 5) is 30.0. The number of thiazole rings is 1. The first-order valence-corrected chi connectivity index (χ1v) is 8.12. The Labute approximate surface area is 127 Å². The molecular formula is C14H19N3O3S. The van der Waals surface area contributed by atoms with Gasteiger partial charge >= 0.3 is 0 Å². The summed E-state index contributed by atoms with van der Waals surface area (Å²) in [5.74, 6) is -0.227. The molecule has 0 aromatic carbocycles. The van der Waals surface area contributed by atoms with E-state index < -0.39 is 0 Å². The summed E-state index contributed by atoms with van der Waals surface area (Å²) in [6.07, 6.45) is 4.28. The SMILES string of the molecule is CC(=O)Nc1nc(C(=O)N2CCOCC23CCCC3)cs1. The molecule has 3 rings (SSSR count). The molecule has 1 saturated carbocycles. The summed E-state index contributed by atoms with van der Waals surface area (Å²) in [5.41, 5.74) is 0.268. The summed E-state index contributed by atoms with van der Waals surface area (Å²) >= 11 is 1.28. The van der Waals surface area contributed by atoms with Crippen molar-refractivity contribution in [3.8, 4) is 0 Å². The number of hydrogen-bond donors (Lipinski definition) is 1. The maximum Gasteiger partial charge on any atom is 0.274 e. The van der Waals surface area contributed by atoms with Gasteiger partial charge in [0, 0.05) is 18.8 Å². The first-order chi connectivity index (χ1) is 10.1. The van der Waals surface area contributed by atoms with Crippen LogP contribution in [0, 0.1) is 0 Å². The van der Waals surface area contributed by atoms with Crippen LogP contribution in [0.25, 0.3) is 0 Å². The Morgan fingerprint density at radius 2 is 2.19 bits per heavy atom. The van der Waals surface area contributed by atoms with Gasteiger partial charge in [-0.3, -0.25) is 9.59 Å². The highest BCUT2D eigenvalue weighted by Crippen LogP contribution is 2.38. The number of ether oxygens (including phenoxy) is 1. The van der Waals surface area contributed by atoms with E-state index in [4.69, 9.17) is 4.74 Å². The van der Waals surface area contributed by atoms with E-state index in [0.717, 1.165) is 25.7 Å². The van der Waals surface area contributed by atoms with Gasteiger partial charge in [-0.2, -0.15) is 0 Å². The molecule has 1 aliphatic heterocycles. The molecule has 2 heterocycles. The van der Waals surface area contributed by atoms with Crippen LogP contribution in [0.1, 0.15) is 43.1 Å². The third kappa shape index (κ3) is 2.80. The minimum absolute atomic E-state index is 0.0481. The molecule has 1 N–H and O–H groups in total. The Hall–Kier alpha value is -1.47. The predicted molar refractivity (Wildman–Crippen MR) is 79.5 cm³/mol. The van der Waals surface area contributed by atoms with Crippen LogP contribution < -0.4 is 5.32 Å². The molecule has 1 aromatic rings. The molecule has 0 atom stereocenters. The second-order valence-electron chi connectivity index (χ2n) is 5.66. The summed E-state index contributed by atoms with van der Waals surface area (Å²) in [7, 11) is 0. The summed E-state index contributed by atoms with van der Waals surface area (Å²) < 4.78 is 5.61. The van der Waals surface area contributed by atoms with Gasteiger partial charge in [-0.15, -0.1) is 11.3 Å². The Morgan fingerprint density at radius 3 is 2.90 bits per heavy atom. The fourth-order valence-electron chi connectivity index (χ4n) is 3.22. The topological polar surface area (TPSA) is 71.5 Å². The monoisotopic (exact) mass is 309 g/mol. The molecule has 114 valence electrons. The minimum Gasteiger partial charge on any atom is -0.377 e.